The van der Waals surface area contributed by atoms with Crippen LogP contribution in [0.3, 0.4) is 0 Å². The summed E-state index contributed by atoms with van der Waals surface area (Å²) in [6.07, 6.45) is 0. The fourth-order valence-corrected chi connectivity index (χ4v) is 6.00. The predicted molar refractivity (Wildman–Crippen MR) is 182 cm³/mol. The minimum absolute atomic E-state index is 0.590. The number of para-hydroxylation sites is 1. The molecule has 0 spiro atoms. The summed E-state index contributed by atoms with van der Waals surface area (Å²) in [4.78, 5) is 19.7. The van der Waals surface area contributed by atoms with Gasteiger partial charge in [-0.3, -0.25) is 0 Å². The largest absolute Gasteiger partial charge is 0.456 e. The van der Waals surface area contributed by atoms with Crippen LogP contribution in [0.5, 0.6) is 0 Å². The highest BCUT2D eigenvalue weighted by Crippen LogP contribution is 2.41. The van der Waals surface area contributed by atoms with Gasteiger partial charge < -0.3 is 8.83 Å². The molecular weight excluding hydrogens is 568 g/mol. The maximum Gasteiger partial charge on any atom is 0.227 e. The summed E-state index contributed by atoms with van der Waals surface area (Å²) in [5.74, 6) is 2.42. The van der Waals surface area contributed by atoms with E-state index in [2.05, 4.69) is 18.2 Å². The zero-order valence-corrected chi connectivity index (χ0v) is 24.5. The molecule has 6 aromatic carbocycles. The minimum atomic E-state index is 0.590. The van der Waals surface area contributed by atoms with Crippen molar-refractivity contribution < 1.29 is 8.83 Å². The molecule has 3 aromatic heterocycles. The molecule has 0 aliphatic carbocycles. The SMILES string of the molecule is c1ccc(-c2nc(-c3ccccc3)nc(-c3ccc4oc5cccc(-c6cccc7oc(-c8ccccc8)nc67)c5c4c3)n2)cc1. The van der Waals surface area contributed by atoms with Crippen molar-refractivity contribution in [2.75, 3.05) is 0 Å². The molecule has 9 rings (SSSR count). The molecule has 0 N–H and O–H groups in total. The van der Waals surface area contributed by atoms with Gasteiger partial charge in [0.15, 0.2) is 23.1 Å². The zero-order chi connectivity index (χ0) is 30.5. The van der Waals surface area contributed by atoms with Crippen LogP contribution in [0.25, 0.3) is 89.8 Å². The average molecular weight is 593 g/mol. The van der Waals surface area contributed by atoms with Crippen LogP contribution >= 0.6 is 0 Å². The van der Waals surface area contributed by atoms with Gasteiger partial charge in [0.05, 0.1) is 0 Å². The summed E-state index contributed by atoms with van der Waals surface area (Å²) in [7, 11) is 0. The molecule has 0 aliphatic heterocycles. The lowest BCUT2D eigenvalue weighted by molar-refractivity contribution is 0.620. The van der Waals surface area contributed by atoms with Gasteiger partial charge in [-0.05, 0) is 48.0 Å². The lowest BCUT2D eigenvalue weighted by Gasteiger charge is -2.09. The van der Waals surface area contributed by atoms with E-state index in [4.69, 9.17) is 28.8 Å². The van der Waals surface area contributed by atoms with E-state index >= 15 is 0 Å². The van der Waals surface area contributed by atoms with Crippen LogP contribution in [0, 0.1) is 0 Å². The van der Waals surface area contributed by atoms with Gasteiger partial charge in [0.2, 0.25) is 5.89 Å². The summed E-state index contributed by atoms with van der Waals surface area (Å²) < 4.78 is 12.6. The first-order valence-electron chi connectivity index (χ1n) is 15.1. The molecule has 0 bridgehead atoms. The molecule has 0 aliphatic rings. The van der Waals surface area contributed by atoms with Gasteiger partial charge in [-0.15, -0.1) is 0 Å². The Morgan fingerprint density at radius 1 is 0.370 bits per heavy atom. The van der Waals surface area contributed by atoms with Gasteiger partial charge in [-0.1, -0.05) is 103 Å². The second kappa shape index (κ2) is 10.6. The van der Waals surface area contributed by atoms with E-state index in [0.717, 1.165) is 66.4 Å². The molecule has 0 fully saturated rings. The molecule has 0 radical (unpaired) electrons. The van der Waals surface area contributed by atoms with Crippen molar-refractivity contribution in [1.82, 2.24) is 19.9 Å². The number of oxazole rings is 1. The van der Waals surface area contributed by atoms with E-state index in [-0.39, 0.29) is 0 Å². The fourth-order valence-electron chi connectivity index (χ4n) is 6.00. The van der Waals surface area contributed by atoms with Crippen LogP contribution in [-0.4, -0.2) is 19.9 Å². The molecule has 0 unspecified atom stereocenters. The fraction of sp³-hybridized carbons (Fsp3) is 0. The summed E-state index contributed by atoms with van der Waals surface area (Å²) in [6.45, 7) is 0. The first kappa shape index (κ1) is 26.0. The van der Waals surface area contributed by atoms with E-state index in [1.54, 1.807) is 0 Å². The summed E-state index contributed by atoms with van der Waals surface area (Å²) in [5, 5.41) is 1.96. The minimum Gasteiger partial charge on any atom is -0.456 e. The highest BCUT2D eigenvalue weighted by atomic mass is 16.3. The molecule has 9 aromatic rings. The smallest absolute Gasteiger partial charge is 0.227 e. The van der Waals surface area contributed by atoms with Crippen molar-refractivity contribution in [2.24, 2.45) is 0 Å². The van der Waals surface area contributed by atoms with Gasteiger partial charge in [-0.25, -0.2) is 19.9 Å². The summed E-state index contributed by atoms with van der Waals surface area (Å²) >= 11 is 0. The third-order valence-corrected chi connectivity index (χ3v) is 8.18. The van der Waals surface area contributed by atoms with Crippen LogP contribution in [0.2, 0.25) is 0 Å². The quantitative estimate of drug-likeness (QED) is 0.198. The maximum atomic E-state index is 6.38. The van der Waals surface area contributed by atoms with E-state index in [1.165, 1.54) is 0 Å². The molecular formula is C40H24N4O2. The number of fused-ring (bicyclic) bond motifs is 4. The third-order valence-electron chi connectivity index (χ3n) is 8.18. The number of nitrogens with zero attached hydrogens (tertiary/aromatic N) is 4. The Morgan fingerprint density at radius 2 is 0.935 bits per heavy atom. The first-order chi connectivity index (χ1) is 22.8. The van der Waals surface area contributed by atoms with Gasteiger partial charge in [0.1, 0.15) is 16.7 Å². The van der Waals surface area contributed by atoms with E-state index < -0.39 is 0 Å². The molecule has 0 amide bonds. The second-order valence-corrected chi connectivity index (χ2v) is 11.1. The van der Waals surface area contributed by atoms with E-state index in [9.17, 15) is 0 Å². The van der Waals surface area contributed by atoms with Crippen LogP contribution in [0.15, 0.2) is 154 Å². The van der Waals surface area contributed by atoms with Crippen molar-refractivity contribution in [3.63, 3.8) is 0 Å². The Morgan fingerprint density at radius 3 is 1.59 bits per heavy atom. The molecule has 6 nitrogen and oxygen atoms in total. The zero-order valence-electron chi connectivity index (χ0n) is 24.5. The van der Waals surface area contributed by atoms with Crippen LogP contribution in [0.1, 0.15) is 0 Å². The van der Waals surface area contributed by atoms with Crippen molar-refractivity contribution >= 4 is 33.0 Å². The number of furan rings is 1. The highest BCUT2D eigenvalue weighted by Gasteiger charge is 2.19. The molecule has 46 heavy (non-hydrogen) atoms. The monoisotopic (exact) mass is 592 g/mol. The van der Waals surface area contributed by atoms with Crippen molar-refractivity contribution in [3.05, 3.63) is 146 Å². The lowest BCUT2D eigenvalue weighted by Crippen LogP contribution is -2.00. The van der Waals surface area contributed by atoms with Gasteiger partial charge >= 0.3 is 0 Å². The topological polar surface area (TPSA) is 77.8 Å². The number of rotatable bonds is 5. The Balaban J connectivity index is 1.24. The van der Waals surface area contributed by atoms with Crippen LogP contribution < -0.4 is 0 Å². The van der Waals surface area contributed by atoms with Crippen molar-refractivity contribution in [3.8, 4) is 56.7 Å². The van der Waals surface area contributed by atoms with Crippen LogP contribution in [-0.2, 0) is 0 Å². The van der Waals surface area contributed by atoms with E-state index in [0.29, 0.717) is 23.4 Å². The number of benzene rings is 6. The molecule has 0 saturated carbocycles. The van der Waals surface area contributed by atoms with Gasteiger partial charge in [0.25, 0.3) is 0 Å². The Bertz CT molecular complexity index is 2460. The second-order valence-electron chi connectivity index (χ2n) is 11.1. The maximum absolute atomic E-state index is 6.38. The van der Waals surface area contributed by atoms with Crippen molar-refractivity contribution in [2.45, 2.75) is 0 Å². The molecule has 0 saturated heterocycles. The first-order valence-corrected chi connectivity index (χ1v) is 15.1. The normalized spacial score (nSPS) is 11.5. The Kier molecular flexibility index (Phi) is 6.03. The molecule has 3 heterocycles. The number of hydrogen-bond donors (Lipinski definition) is 0. The predicted octanol–water partition coefficient (Wildman–Crippen LogP) is 10.2. The third kappa shape index (κ3) is 4.43. The van der Waals surface area contributed by atoms with E-state index in [1.807, 2.05) is 127 Å². The molecule has 6 heteroatoms. The van der Waals surface area contributed by atoms with Gasteiger partial charge in [0, 0.05) is 38.6 Å². The molecule has 216 valence electrons. The number of aromatic nitrogens is 4. The van der Waals surface area contributed by atoms with Crippen molar-refractivity contribution in [1.29, 1.82) is 0 Å². The average Bonchev–Trinajstić information content (AvgIpc) is 3.74. The van der Waals surface area contributed by atoms with Crippen LogP contribution in [0.4, 0.5) is 0 Å². The lowest BCUT2D eigenvalue weighted by atomic mass is 9.98. The number of hydrogen-bond acceptors (Lipinski definition) is 6. The summed E-state index contributed by atoms with van der Waals surface area (Å²) in [6, 6.07) is 48.2. The standard InChI is InChI=1S/C40H24N4O2/c1-4-12-25(13-5-1)37-42-38(26-14-6-2-7-15-26)44-39(43-37)28-22-23-32-31(24-28)35-29(18-10-20-33(35)45-32)30-19-11-21-34-36(30)41-40(46-34)27-16-8-3-9-17-27/h1-24H. The Hall–Kier alpha value is -6.40. The van der Waals surface area contributed by atoms with Gasteiger partial charge in [-0.2, -0.15) is 0 Å². The Labute approximate surface area is 263 Å². The molecule has 0 atom stereocenters. The highest BCUT2D eigenvalue weighted by molar-refractivity contribution is 6.15. The summed E-state index contributed by atoms with van der Waals surface area (Å²) in [5.41, 5.74) is 8.75.